The molecule has 1 aliphatic rings. The second kappa shape index (κ2) is 10.8. The van der Waals surface area contributed by atoms with Crippen molar-refractivity contribution in [2.24, 2.45) is 5.92 Å². The Labute approximate surface area is 177 Å². The van der Waals surface area contributed by atoms with E-state index in [1.165, 1.54) is 16.6 Å². The number of piperidine rings is 1. The van der Waals surface area contributed by atoms with Crippen molar-refractivity contribution in [1.82, 2.24) is 14.6 Å². The minimum Gasteiger partial charge on any atom is -0.494 e. The average molecular weight is 442 g/mol. The van der Waals surface area contributed by atoms with Crippen LogP contribution in [0.5, 0.6) is 0 Å². The number of hydrogen-bond donors (Lipinski definition) is 1. The smallest absolute Gasteiger partial charge is 0.239 e. The van der Waals surface area contributed by atoms with E-state index >= 15 is 0 Å². The summed E-state index contributed by atoms with van der Waals surface area (Å²) in [5.74, 6) is 0.227. The number of halogens is 1. The highest BCUT2D eigenvalue weighted by Crippen LogP contribution is 2.24. The summed E-state index contributed by atoms with van der Waals surface area (Å²) >= 11 is 5.80. The lowest BCUT2D eigenvalue weighted by Crippen LogP contribution is -2.43. The van der Waals surface area contributed by atoms with E-state index in [4.69, 9.17) is 16.3 Å². The Balaban J connectivity index is 1.90. The first-order valence-electron chi connectivity index (χ1n) is 9.63. The van der Waals surface area contributed by atoms with Gasteiger partial charge in [0.15, 0.2) is 0 Å². The highest BCUT2D eigenvalue weighted by Gasteiger charge is 2.32. The lowest BCUT2D eigenvalue weighted by Gasteiger charge is -2.30. The first-order valence-corrected chi connectivity index (χ1v) is 11.5. The molecule has 2 heterocycles. The average Bonchev–Trinajstić information content (AvgIpc) is 2.72. The van der Waals surface area contributed by atoms with Crippen LogP contribution < -0.4 is 5.32 Å². The molecule has 1 amide bonds. The monoisotopic (exact) mass is 441 g/mol. The molecule has 0 atom stereocenters. The summed E-state index contributed by atoms with van der Waals surface area (Å²) < 4.78 is 32.5. The molecule has 1 fully saturated rings. The number of carbonyl (C=O) groups excluding carboxylic acids is 1. The molecule has 0 aliphatic carbocycles. The number of nitrogens with zero attached hydrogens (tertiary/aromatic N) is 2. The van der Waals surface area contributed by atoms with Crippen LogP contribution in [0.4, 0.5) is 0 Å². The molecular weight excluding hydrogens is 414 g/mol. The zero-order valence-corrected chi connectivity index (χ0v) is 18.6. The van der Waals surface area contributed by atoms with Gasteiger partial charge in [-0.25, -0.2) is 8.42 Å². The summed E-state index contributed by atoms with van der Waals surface area (Å²) in [7, 11) is -3.57. The van der Waals surface area contributed by atoms with Crippen molar-refractivity contribution >= 4 is 27.5 Å². The first kappa shape index (κ1) is 23.4. The van der Waals surface area contributed by atoms with Crippen molar-refractivity contribution in [2.45, 2.75) is 40.2 Å². The number of nitrogens with one attached hydrogen (secondary N) is 1. The van der Waals surface area contributed by atoms with Crippen LogP contribution in [0.3, 0.4) is 0 Å². The fraction of sp³-hybridized carbons (Fsp3) is 0.500. The molecule has 0 unspecified atom stereocenters. The van der Waals surface area contributed by atoms with Gasteiger partial charge in [0.1, 0.15) is 5.76 Å². The number of allylic oxidation sites excluding steroid dienone is 3. The van der Waals surface area contributed by atoms with E-state index in [9.17, 15) is 13.2 Å². The summed E-state index contributed by atoms with van der Waals surface area (Å²) in [5, 5.41) is 3.41. The lowest BCUT2D eigenvalue weighted by atomic mass is 9.97. The van der Waals surface area contributed by atoms with Crippen LogP contribution >= 0.6 is 11.6 Å². The second-order valence-electron chi connectivity index (χ2n) is 6.74. The number of pyridine rings is 1. The van der Waals surface area contributed by atoms with E-state index in [-0.39, 0.29) is 16.7 Å². The molecule has 1 saturated heterocycles. The molecule has 160 valence electrons. The van der Waals surface area contributed by atoms with Crippen molar-refractivity contribution in [2.75, 3.05) is 19.7 Å². The Bertz CT molecular complexity index is 858. The summed E-state index contributed by atoms with van der Waals surface area (Å²) in [6, 6.07) is 3.48. The molecule has 0 bridgehead atoms. The summed E-state index contributed by atoms with van der Waals surface area (Å²) in [4.78, 5) is 16.8. The predicted molar refractivity (Wildman–Crippen MR) is 113 cm³/mol. The fourth-order valence-corrected chi connectivity index (χ4v) is 4.52. The third kappa shape index (κ3) is 6.55. The zero-order chi connectivity index (χ0) is 21.4. The van der Waals surface area contributed by atoms with Gasteiger partial charge in [-0.05, 0) is 57.9 Å². The Morgan fingerprint density at radius 1 is 1.38 bits per heavy atom. The molecule has 9 heteroatoms. The summed E-state index contributed by atoms with van der Waals surface area (Å²) in [6.45, 7) is 6.62. The van der Waals surface area contributed by atoms with Gasteiger partial charge in [-0.3, -0.25) is 9.78 Å². The van der Waals surface area contributed by atoms with Gasteiger partial charge in [-0.15, -0.1) is 0 Å². The molecule has 0 aromatic carbocycles. The van der Waals surface area contributed by atoms with Gasteiger partial charge in [0.2, 0.25) is 15.9 Å². The van der Waals surface area contributed by atoms with Crippen LogP contribution in [0.2, 0.25) is 5.02 Å². The van der Waals surface area contributed by atoms with Gasteiger partial charge in [0.05, 0.1) is 28.8 Å². The molecule has 2 rings (SSSR count). The van der Waals surface area contributed by atoms with Gasteiger partial charge in [-0.2, -0.15) is 4.31 Å². The van der Waals surface area contributed by atoms with E-state index in [1.807, 2.05) is 6.92 Å². The zero-order valence-electron chi connectivity index (χ0n) is 17.0. The molecule has 1 N–H and O–H groups in total. The number of hydrogen-bond acceptors (Lipinski definition) is 5. The third-order valence-electron chi connectivity index (χ3n) is 4.74. The van der Waals surface area contributed by atoms with Crippen LogP contribution in [0.15, 0.2) is 41.1 Å². The Kier molecular flexibility index (Phi) is 8.67. The molecule has 1 aromatic rings. The highest BCUT2D eigenvalue weighted by molar-refractivity contribution is 7.93. The van der Waals surface area contributed by atoms with E-state index in [0.717, 1.165) is 5.69 Å². The Morgan fingerprint density at radius 2 is 2.07 bits per heavy atom. The lowest BCUT2D eigenvalue weighted by molar-refractivity contribution is -0.126. The molecular formula is C20H28ClN3O4S. The Hall–Kier alpha value is -1.90. The van der Waals surface area contributed by atoms with Crippen molar-refractivity contribution in [1.29, 1.82) is 0 Å². The molecule has 1 aromatic heterocycles. The summed E-state index contributed by atoms with van der Waals surface area (Å²) in [6.07, 6.45) is 5.76. The van der Waals surface area contributed by atoms with E-state index in [0.29, 0.717) is 49.9 Å². The van der Waals surface area contributed by atoms with Crippen LogP contribution in [0, 0.1) is 5.92 Å². The third-order valence-corrected chi connectivity index (χ3v) is 6.95. The van der Waals surface area contributed by atoms with Crippen molar-refractivity contribution in [3.63, 3.8) is 0 Å². The molecule has 29 heavy (non-hydrogen) atoms. The minimum absolute atomic E-state index is 0.0846. The van der Waals surface area contributed by atoms with Gasteiger partial charge in [0, 0.05) is 25.2 Å². The van der Waals surface area contributed by atoms with Gasteiger partial charge >= 0.3 is 0 Å². The molecule has 0 radical (unpaired) electrons. The minimum atomic E-state index is -3.57. The van der Waals surface area contributed by atoms with E-state index in [2.05, 4.69) is 10.3 Å². The van der Waals surface area contributed by atoms with Crippen molar-refractivity contribution < 1.29 is 17.9 Å². The Morgan fingerprint density at radius 3 is 2.62 bits per heavy atom. The molecule has 0 saturated carbocycles. The SMILES string of the molecule is C/C=C(\C=C(/C)S(=O)(=O)N1CCC(C(=O)NCc2ccc(Cl)cn2)CC1)OCC. The number of carbonyl (C=O) groups is 1. The highest BCUT2D eigenvalue weighted by atomic mass is 35.5. The number of amides is 1. The van der Waals surface area contributed by atoms with Gasteiger partial charge in [-0.1, -0.05) is 11.6 Å². The maximum Gasteiger partial charge on any atom is 0.239 e. The predicted octanol–water partition coefficient (Wildman–Crippen LogP) is 3.24. The van der Waals surface area contributed by atoms with Crippen LogP contribution in [-0.4, -0.2) is 43.3 Å². The standard InChI is InChI=1S/C20H28ClN3O4S/c1-4-19(28-5-2)12-15(3)29(26,27)24-10-8-16(9-11-24)20(25)23-14-18-7-6-17(21)13-22-18/h4,6-7,12-13,16H,5,8-11,14H2,1-3H3,(H,23,25)/b15-12+,19-4+. The van der Waals surface area contributed by atoms with Crippen molar-refractivity contribution in [3.05, 3.63) is 51.9 Å². The number of rotatable bonds is 8. The van der Waals surface area contributed by atoms with Crippen LogP contribution in [0.25, 0.3) is 0 Å². The van der Waals surface area contributed by atoms with Crippen LogP contribution in [0.1, 0.15) is 39.3 Å². The van der Waals surface area contributed by atoms with E-state index in [1.54, 1.807) is 32.1 Å². The van der Waals surface area contributed by atoms with Crippen molar-refractivity contribution in [3.8, 4) is 0 Å². The largest absolute Gasteiger partial charge is 0.494 e. The topological polar surface area (TPSA) is 88.6 Å². The van der Waals surface area contributed by atoms with Gasteiger partial charge in [0.25, 0.3) is 0 Å². The van der Waals surface area contributed by atoms with Gasteiger partial charge < -0.3 is 10.1 Å². The van der Waals surface area contributed by atoms with Crippen LogP contribution in [-0.2, 0) is 26.1 Å². The fourth-order valence-electron chi connectivity index (χ4n) is 3.04. The quantitative estimate of drug-likeness (QED) is 0.494. The maximum atomic E-state index is 12.8. The number of sulfonamides is 1. The van der Waals surface area contributed by atoms with E-state index < -0.39 is 10.0 Å². The maximum absolute atomic E-state index is 12.8. The normalized spacial score (nSPS) is 17.2. The second-order valence-corrected chi connectivity index (χ2v) is 9.29. The number of ether oxygens (including phenoxy) is 1. The first-order chi connectivity index (χ1) is 13.8. The molecule has 7 nitrogen and oxygen atoms in total. The molecule has 0 spiro atoms. The molecule has 1 aliphatic heterocycles. The summed E-state index contributed by atoms with van der Waals surface area (Å²) in [5.41, 5.74) is 0.720. The number of aromatic nitrogens is 1.